The number of nitrogens with zero attached hydrogens (tertiary/aromatic N) is 14. The van der Waals surface area contributed by atoms with Crippen LogP contribution in [0.25, 0.3) is 43.4 Å². The van der Waals surface area contributed by atoms with Crippen molar-refractivity contribution in [3.63, 3.8) is 0 Å². The molecule has 3 fully saturated rings. The maximum atomic E-state index is 14.1. The summed E-state index contributed by atoms with van der Waals surface area (Å²) in [5.41, 5.74) is 7.86. The van der Waals surface area contributed by atoms with Crippen molar-refractivity contribution in [3.05, 3.63) is 239 Å². The van der Waals surface area contributed by atoms with Crippen LogP contribution in [0.15, 0.2) is 205 Å². The van der Waals surface area contributed by atoms with Crippen LogP contribution < -0.4 is 20.2 Å². The van der Waals surface area contributed by atoms with Crippen molar-refractivity contribution >= 4 is 129 Å². The summed E-state index contributed by atoms with van der Waals surface area (Å²) in [6, 6.07) is 37.3. The van der Waals surface area contributed by atoms with Crippen molar-refractivity contribution < 1.29 is 43.6 Å². The molecule has 2 N–H and O–H groups in total. The molecule has 6 aliphatic rings. The predicted molar refractivity (Wildman–Crippen MR) is 419 cm³/mol. The molecule has 0 unspecified atom stereocenters. The molecule has 3 spiro atoms. The summed E-state index contributed by atoms with van der Waals surface area (Å²) in [6.45, 7) is 13.1. The van der Waals surface area contributed by atoms with E-state index >= 15 is 0 Å². The van der Waals surface area contributed by atoms with Gasteiger partial charge in [0.2, 0.25) is 29.5 Å². The van der Waals surface area contributed by atoms with Crippen LogP contribution in [0.2, 0.25) is 0 Å². The van der Waals surface area contributed by atoms with Crippen LogP contribution >= 0.6 is 31.9 Å². The van der Waals surface area contributed by atoms with E-state index in [1.807, 2.05) is 162 Å². The number of aromatic nitrogens is 8. The van der Waals surface area contributed by atoms with Crippen molar-refractivity contribution in [1.29, 1.82) is 0 Å². The highest BCUT2D eigenvalue weighted by molar-refractivity contribution is 9.11. The molecule has 0 aliphatic carbocycles. The summed E-state index contributed by atoms with van der Waals surface area (Å²) >= 11 is 7.41. The van der Waals surface area contributed by atoms with Gasteiger partial charge in [0.05, 0.1) is 88.6 Å². The lowest BCUT2D eigenvalue weighted by Gasteiger charge is -2.38. The average Bonchev–Trinajstić information content (AvgIpc) is 1.58. The van der Waals surface area contributed by atoms with Crippen LogP contribution in [0.5, 0.6) is 0 Å². The third-order valence-corrected chi connectivity index (χ3v) is 23.3. The molecule has 23 nitrogen and oxygen atoms in total. The monoisotopic (exact) mass is 1570 g/mol. The van der Waals surface area contributed by atoms with Crippen LogP contribution in [0.4, 0.5) is 21.9 Å². The first-order valence-electron chi connectivity index (χ1n) is 36.0. The largest absolute Gasteiger partial charge is 0.490 e. The second kappa shape index (κ2) is 30.8. The van der Waals surface area contributed by atoms with E-state index in [-0.39, 0.29) is 35.6 Å². The number of hydrogen-bond acceptors (Lipinski definition) is 17. The topological polar surface area (TPSA) is 275 Å². The molecule has 0 saturated carbocycles. The smallest absolute Gasteiger partial charge is 0.444 e. The zero-order valence-corrected chi connectivity index (χ0v) is 63.6. The summed E-state index contributed by atoms with van der Waals surface area (Å²) in [5, 5.41) is 23.4. The molecular weight excluding hydrogens is 1500 g/mol. The van der Waals surface area contributed by atoms with E-state index < -0.39 is 29.0 Å². The van der Waals surface area contributed by atoms with E-state index in [0.717, 1.165) is 103 Å². The van der Waals surface area contributed by atoms with Gasteiger partial charge in [-0.15, -0.1) is 0 Å². The summed E-state index contributed by atoms with van der Waals surface area (Å²) < 4.78 is 7.34. The van der Waals surface area contributed by atoms with Crippen molar-refractivity contribution in [2.75, 3.05) is 54.0 Å². The minimum absolute atomic E-state index is 0.0428. The molecule has 0 atom stereocenters. The van der Waals surface area contributed by atoms with Gasteiger partial charge in [0, 0.05) is 157 Å². The average molecular weight is 1580 g/mol. The summed E-state index contributed by atoms with van der Waals surface area (Å²) in [4.78, 5) is 124. The Bertz CT molecular complexity index is 5270. The van der Waals surface area contributed by atoms with Crippen molar-refractivity contribution in [2.45, 2.75) is 115 Å². The summed E-state index contributed by atoms with van der Waals surface area (Å²) in [6.07, 6.45) is 25.9. The van der Waals surface area contributed by atoms with Crippen molar-refractivity contribution in [2.24, 2.45) is 0 Å². The molecular formula is C82H79BBr2N14O9. The number of amides is 6. The Balaban J connectivity index is 0.000000128. The highest BCUT2D eigenvalue weighted by Crippen LogP contribution is 2.52. The first-order valence-corrected chi connectivity index (χ1v) is 37.5. The number of anilines is 3. The normalized spacial score (nSPS) is 16.5. The third-order valence-electron chi connectivity index (χ3n) is 21.5. The van der Waals surface area contributed by atoms with Gasteiger partial charge < -0.3 is 44.2 Å². The van der Waals surface area contributed by atoms with Crippen LogP contribution in [0.1, 0.15) is 107 Å². The first kappa shape index (κ1) is 74.1. The number of fused-ring (bicyclic) bond motifs is 9. The van der Waals surface area contributed by atoms with Gasteiger partial charge in [-0.05, 0) is 154 Å². The van der Waals surface area contributed by atoms with Gasteiger partial charge >= 0.3 is 13.2 Å². The van der Waals surface area contributed by atoms with Crippen LogP contribution in [0, 0.1) is 0 Å². The van der Waals surface area contributed by atoms with Crippen molar-refractivity contribution in [3.8, 4) is 11.1 Å². The van der Waals surface area contributed by atoms with Gasteiger partial charge in [-0.25, -0.2) is 4.79 Å². The lowest BCUT2D eigenvalue weighted by molar-refractivity contribution is -0.134. The minimum atomic E-state index is -1.40. The van der Waals surface area contributed by atoms with E-state index in [1.165, 1.54) is 6.20 Å². The fourth-order valence-corrected chi connectivity index (χ4v) is 17.1. The third kappa shape index (κ3) is 14.3. The number of carbonyl (C=O) groups excluding carboxylic acids is 6. The van der Waals surface area contributed by atoms with E-state index in [0.29, 0.717) is 103 Å². The quantitative estimate of drug-likeness (QED) is 0.134. The molecule has 3 aromatic carbocycles. The van der Waals surface area contributed by atoms with E-state index in [9.17, 15) is 28.8 Å². The SMILES string of the molecule is CC(=O)N1CCC2(CC1)C(=O)N(Cc1ncc3ccccc3c1-c1cccnc1)c1cnccc12.CC(=O)N1CCC2(CC1)C(=O)N(Cc1ncc3ccccc3c1Br)c1cnccc12.CC(C)(C)OC(=O)N1CCC2(CC1)C(=O)N(Cc1ncc3ccccc3c1Br)c1cnccc12.OB(O)c1cccnc1. The predicted octanol–water partition coefficient (Wildman–Crippen LogP) is 11.9. The minimum Gasteiger partial charge on any atom is -0.444 e. The van der Waals surface area contributed by atoms with Crippen molar-refractivity contribution in [1.82, 2.24) is 54.6 Å². The number of pyridine rings is 8. The van der Waals surface area contributed by atoms with Gasteiger partial charge in [0.1, 0.15) is 5.60 Å². The highest BCUT2D eigenvalue weighted by Gasteiger charge is 2.56. The number of hydrogen-bond donors (Lipinski definition) is 2. The second-order valence-electron chi connectivity index (χ2n) is 28.9. The number of carbonyl (C=O) groups is 6. The fraction of sp³-hybridized carbons (Fsp3) is 0.293. The number of rotatable bonds is 8. The number of benzene rings is 3. The first-order chi connectivity index (χ1) is 52.1. The number of piperidine rings is 3. The molecule has 108 heavy (non-hydrogen) atoms. The van der Waals surface area contributed by atoms with Gasteiger partial charge in [0.15, 0.2) is 0 Å². The van der Waals surface area contributed by atoms with Crippen LogP contribution in [-0.4, -0.2) is 152 Å². The molecule has 0 bridgehead atoms. The Morgan fingerprint density at radius 2 is 0.806 bits per heavy atom. The second-order valence-corrected chi connectivity index (χ2v) is 30.4. The Morgan fingerprint density at radius 3 is 1.18 bits per heavy atom. The summed E-state index contributed by atoms with van der Waals surface area (Å²) in [7, 11) is -1.40. The van der Waals surface area contributed by atoms with Gasteiger partial charge in [-0.2, -0.15) is 0 Å². The molecule has 17 rings (SSSR count). The number of halogens is 2. The molecule has 548 valence electrons. The van der Waals surface area contributed by atoms with E-state index in [4.69, 9.17) is 19.8 Å². The molecule has 6 amide bonds. The Morgan fingerprint density at radius 1 is 0.444 bits per heavy atom. The number of ether oxygens (including phenoxy) is 1. The van der Waals surface area contributed by atoms with Gasteiger partial charge in [-0.3, -0.25) is 63.8 Å². The van der Waals surface area contributed by atoms with E-state index in [1.54, 1.807) is 85.4 Å². The zero-order chi connectivity index (χ0) is 75.7. The molecule has 0 radical (unpaired) electrons. The fourth-order valence-electron chi connectivity index (χ4n) is 15.9. The maximum absolute atomic E-state index is 14.1. The standard InChI is InChI=1S/C28H25N5O2.C26H27BrN4O3.C23H21BrN4O2.C5H6BNO2/c1-19(34)32-13-9-28(10-14-32)23-8-12-30-17-25(23)33(27(28)35)18-24-26(21-6-4-11-29-15-21)22-7-3-2-5-20(22)16-31-24;1-25(2,3)34-24(33)30-12-9-26(10-13-30)19-8-11-28-15-21(19)31(23(26)32)16-20-22(27)18-7-5-4-6-17(18)14-29-20;1-15(29)27-10-7-23(8-11-27)18-6-9-25-13-20(18)28(22(23)30)14-19-21(24)17-5-3-2-4-16(17)12-26-19;8-6(9)5-2-1-3-7-4-5/h2-8,11-12,15-17H,9-10,13-14,18H2,1H3;4-8,11,14-15H,9-10,12-13,16H2,1-3H3;2-6,9,12-13H,7-8,10-11,14H2,1H3;1-4,8-9H. The maximum Gasteiger partial charge on any atom is 0.490 e. The lowest BCUT2D eigenvalue weighted by Crippen LogP contribution is -2.50. The zero-order valence-electron chi connectivity index (χ0n) is 60.4. The highest BCUT2D eigenvalue weighted by atomic mass is 79.9. The van der Waals surface area contributed by atoms with Crippen LogP contribution in [-0.2, 0) is 64.6 Å². The lowest BCUT2D eigenvalue weighted by atomic mass is 9.74. The molecule has 14 heterocycles. The molecule has 11 aromatic rings. The Kier molecular flexibility index (Phi) is 21.1. The van der Waals surface area contributed by atoms with E-state index in [2.05, 4.69) is 72.8 Å². The molecule has 26 heteroatoms. The number of likely N-dealkylation sites (tertiary alicyclic amines) is 3. The Labute approximate surface area is 641 Å². The molecule has 6 aliphatic heterocycles. The van der Waals surface area contributed by atoms with Crippen LogP contribution in [0.3, 0.4) is 0 Å². The molecule has 8 aromatic heterocycles. The summed E-state index contributed by atoms with van der Waals surface area (Å²) in [5.74, 6) is 0.303. The van der Waals surface area contributed by atoms with Gasteiger partial charge in [-0.1, -0.05) is 84.9 Å². The molecule has 3 saturated heterocycles. The Hall–Kier alpha value is -10.8. The van der Waals surface area contributed by atoms with Gasteiger partial charge in [0.25, 0.3) is 0 Å².